The van der Waals surface area contributed by atoms with E-state index in [0.717, 1.165) is 12.1 Å². The Morgan fingerprint density at radius 1 is 0.786 bits per heavy atom. The standard InChI is InChI=1S/C27H14Cl5F6NO3/c28-13-2-12(3-14(29)6-13)22-23(26(22,31)32)25(42)39-15-7-16(24(30)19(35)8-15)20(40)4-10-1-11(18(34)9-17(10)33)5-21(41)27(36,37)38/h1-3,6-9,22-23H,4-5H2,(H,39,42)/t22-,23+/m0/s1. The van der Waals surface area contributed by atoms with Crippen molar-refractivity contribution in [2.24, 2.45) is 5.92 Å². The Labute approximate surface area is 258 Å². The van der Waals surface area contributed by atoms with Crippen LogP contribution in [-0.2, 0) is 22.4 Å². The van der Waals surface area contributed by atoms with Gasteiger partial charge in [-0.25, -0.2) is 13.2 Å². The quantitative estimate of drug-likeness (QED) is 0.146. The van der Waals surface area contributed by atoms with E-state index in [1.54, 1.807) is 0 Å². The summed E-state index contributed by atoms with van der Waals surface area (Å²) in [6.45, 7) is 0. The van der Waals surface area contributed by atoms with Crippen molar-refractivity contribution in [3.05, 3.63) is 97.2 Å². The van der Waals surface area contributed by atoms with Crippen molar-refractivity contribution in [3.63, 3.8) is 0 Å². The van der Waals surface area contributed by atoms with E-state index in [9.17, 15) is 40.7 Å². The van der Waals surface area contributed by atoms with Gasteiger partial charge in [0, 0.05) is 46.1 Å². The molecule has 0 aromatic heterocycles. The Bertz CT molecular complexity index is 1610. The second-order valence-electron chi connectivity index (χ2n) is 9.37. The third-order valence-corrected chi connectivity index (χ3v) is 8.17. The molecule has 0 heterocycles. The lowest BCUT2D eigenvalue weighted by Gasteiger charge is -2.12. The van der Waals surface area contributed by atoms with Crippen LogP contribution in [0.3, 0.4) is 0 Å². The van der Waals surface area contributed by atoms with Gasteiger partial charge in [0.05, 0.1) is 10.9 Å². The number of rotatable bonds is 8. The van der Waals surface area contributed by atoms with Crippen LogP contribution >= 0.6 is 58.0 Å². The lowest BCUT2D eigenvalue weighted by atomic mass is 9.98. The number of hydrogen-bond acceptors (Lipinski definition) is 3. The smallest absolute Gasteiger partial charge is 0.326 e. The van der Waals surface area contributed by atoms with Gasteiger partial charge in [-0.1, -0.05) is 34.8 Å². The number of Topliss-reactive ketones (excluding diaryl/α,β-unsaturated/α-hetero) is 2. The Morgan fingerprint density at radius 3 is 1.93 bits per heavy atom. The van der Waals surface area contributed by atoms with Crippen LogP contribution in [0.15, 0.2) is 42.5 Å². The predicted molar refractivity (Wildman–Crippen MR) is 146 cm³/mol. The Kier molecular flexibility index (Phi) is 9.17. The molecule has 1 N–H and O–H groups in total. The molecule has 2 atom stereocenters. The topological polar surface area (TPSA) is 63.2 Å². The zero-order valence-electron chi connectivity index (χ0n) is 20.5. The van der Waals surface area contributed by atoms with Crippen molar-refractivity contribution >= 4 is 81.2 Å². The molecule has 0 unspecified atom stereocenters. The van der Waals surface area contributed by atoms with E-state index in [1.807, 2.05) is 0 Å². The van der Waals surface area contributed by atoms with Gasteiger partial charge < -0.3 is 5.32 Å². The average molecular weight is 692 g/mol. The fraction of sp³-hybridized carbons (Fsp3) is 0.222. The molecule has 3 aromatic rings. The Morgan fingerprint density at radius 2 is 1.36 bits per heavy atom. The maximum atomic E-state index is 14.7. The molecule has 222 valence electrons. The van der Waals surface area contributed by atoms with Gasteiger partial charge in [-0.2, -0.15) is 13.2 Å². The molecule has 0 spiro atoms. The van der Waals surface area contributed by atoms with Gasteiger partial charge >= 0.3 is 6.18 Å². The molecular weight excluding hydrogens is 678 g/mol. The lowest BCUT2D eigenvalue weighted by molar-refractivity contribution is -0.170. The number of alkyl halides is 5. The van der Waals surface area contributed by atoms with E-state index in [-0.39, 0.29) is 21.8 Å². The molecule has 0 radical (unpaired) electrons. The van der Waals surface area contributed by atoms with Gasteiger partial charge in [-0.05, 0) is 53.1 Å². The van der Waals surface area contributed by atoms with Gasteiger partial charge in [0.1, 0.15) is 21.8 Å². The maximum absolute atomic E-state index is 14.7. The third kappa shape index (κ3) is 6.83. The molecule has 1 aliphatic rings. The fourth-order valence-electron chi connectivity index (χ4n) is 4.36. The van der Waals surface area contributed by atoms with Crippen LogP contribution in [0, 0.1) is 23.4 Å². The van der Waals surface area contributed by atoms with Crippen molar-refractivity contribution in [1.82, 2.24) is 0 Å². The van der Waals surface area contributed by atoms with Crippen LogP contribution in [0.5, 0.6) is 0 Å². The predicted octanol–water partition coefficient (Wildman–Crippen LogP) is 8.69. The van der Waals surface area contributed by atoms with E-state index in [2.05, 4.69) is 5.32 Å². The third-order valence-electron chi connectivity index (χ3n) is 6.41. The minimum Gasteiger partial charge on any atom is -0.326 e. The first-order chi connectivity index (χ1) is 19.4. The van der Waals surface area contributed by atoms with Gasteiger partial charge in [0.2, 0.25) is 11.7 Å². The number of carbonyl (C=O) groups excluding carboxylic acids is 3. The molecule has 1 fully saturated rings. The van der Waals surface area contributed by atoms with Crippen molar-refractivity contribution < 1.29 is 40.7 Å². The molecular formula is C27H14Cl5F6NO3. The van der Waals surface area contributed by atoms with Crippen LogP contribution in [0.25, 0.3) is 0 Å². The highest BCUT2D eigenvalue weighted by molar-refractivity contribution is 6.53. The number of nitrogens with one attached hydrogen (secondary N) is 1. The number of benzene rings is 3. The number of amides is 1. The molecule has 1 amide bonds. The number of ketones is 2. The summed E-state index contributed by atoms with van der Waals surface area (Å²) in [6, 6.07) is 7.10. The first-order valence-corrected chi connectivity index (χ1v) is 13.5. The van der Waals surface area contributed by atoms with E-state index in [1.165, 1.54) is 18.2 Å². The van der Waals surface area contributed by atoms with Crippen LogP contribution in [0.2, 0.25) is 15.1 Å². The van der Waals surface area contributed by atoms with Crippen LogP contribution < -0.4 is 5.32 Å². The van der Waals surface area contributed by atoms with Gasteiger partial charge in [0.25, 0.3) is 0 Å². The van der Waals surface area contributed by atoms with Crippen molar-refractivity contribution in [3.8, 4) is 0 Å². The lowest BCUT2D eigenvalue weighted by Crippen LogP contribution is -2.25. The summed E-state index contributed by atoms with van der Waals surface area (Å²) in [4.78, 5) is 37.3. The first-order valence-electron chi connectivity index (χ1n) is 11.6. The normalized spacial score (nSPS) is 17.6. The second kappa shape index (κ2) is 11.9. The summed E-state index contributed by atoms with van der Waals surface area (Å²) in [5.74, 6) is -9.73. The minimum atomic E-state index is -5.26. The molecule has 0 aliphatic heterocycles. The largest absolute Gasteiger partial charge is 0.450 e. The molecule has 1 saturated carbocycles. The molecule has 1 aliphatic carbocycles. The van der Waals surface area contributed by atoms with E-state index < -0.39 is 91.8 Å². The number of anilines is 1. The van der Waals surface area contributed by atoms with E-state index in [0.29, 0.717) is 11.6 Å². The van der Waals surface area contributed by atoms with Gasteiger partial charge in [0.15, 0.2) is 5.78 Å². The van der Waals surface area contributed by atoms with Crippen LogP contribution in [0.4, 0.5) is 32.0 Å². The fourth-order valence-corrected chi connectivity index (χ4v) is 5.95. The molecule has 0 saturated heterocycles. The van der Waals surface area contributed by atoms with Gasteiger partial charge in [-0.3, -0.25) is 14.4 Å². The summed E-state index contributed by atoms with van der Waals surface area (Å²) in [6.07, 6.45) is -7.59. The van der Waals surface area contributed by atoms with Crippen LogP contribution in [0.1, 0.15) is 33.0 Å². The number of hydrogen-bond donors (Lipinski definition) is 1. The summed E-state index contributed by atoms with van der Waals surface area (Å²) < 4.78 is 79.4. The average Bonchev–Trinajstić information content (AvgIpc) is 3.44. The summed E-state index contributed by atoms with van der Waals surface area (Å²) >= 11 is 30.6. The molecule has 15 heteroatoms. The van der Waals surface area contributed by atoms with Crippen molar-refractivity contribution in [2.45, 2.75) is 29.3 Å². The highest BCUT2D eigenvalue weighted by atomic mass is 35.5. The van der Waals surface area contributed by atoms with Gasteiger partial charge in [-0.15, -0.1) is 23.2 Å². The molecule has 4 nitrogen and oxygen atoms in total. The zero-order chi connectivity index (χ0) is 31.3. The minimum absolute atomic E-state index is 0.226. The summed E-state index contributed by atoms with van der Waals surface area (Å²) in [5, 5.41) is 2.23. The molecule has 0 bridgehead atoms. The maximum Gasteiger partial charge on any atom is 0.450 e. The van der Waals surface area contributed by atoms with E-state index >= 15 is 0 Å². The number of carbonyl (C=O) groups is 3. The second-order valence-corrected chi connectivity index (χ2v) is 12.1. The van der Waals surface area contributed by atoms with Crippen molar-refractivity contribution in [1.29, 1.82) is 0 Å². The summed E-state index contributed by atoms with van der Waals surface area (Å²) in [7, 11) is 0. The monoisotopic (exact) mass is 689 g/mol. The molecule has 42 heavy (non-hydrogen) atoms. The molecule has 3 aromatic carbocycles. The highest BCUT2D eigenvalue weighted by Gasteiger charge is 2.67. The summed E-state index contributed by atoms with van der Waals surface area (Å²) in [5.41, 5.74) is -1.69. The van der Waals surface area contributed by atoms with Crippen LogP contribution in [-0.4, -0.2) is 28.0 Å². The molecule has 4 rings (SSSR count). The van der Waals surface area contributed by atoms with E-state index in [4.69, 9.17) is 58.0 Å². The Hall–Kier alpha value is -2.50. The SMILES string of the molecule is O=C(Cc1cc(CC(=O)C(F)(F)F)c(F)cc1F)c1cc(NC(=O)[C@H]2[C@H](c3cc(Cl)cc(Cl)c3)C2(Cl)Cl)cc(F)c1Cl. The number of halogens is 11. The van der Waals surface area contributed by atoms with Crippen molar-refractivity contribution in [2.75, 3.05) is 5.32 Å². The zero-order valence-corrected chi connectivity index (χ0v) is 24.3. The highest BCUT2D eigenvalue weighted by Crippen LogP contribution is 2.65. The first kappa shape index (κ1) is 32.4. The Balaban J connectivity index is 1.56.